The van der Waals surface area contributed by atoms with Crippen molar-refractivity contribution in [1.29, 1.82) is 0 Å². The second-order valence-electron chi connectivity index (χ2n) is 5.38. The summed E-state index contributed by atoms with van der Waals surface area (Å²) in [6.07, 6.45) is 0.421. The maximum absolute atomic E-state index is 13.2. The zero-order chi connectivity index (χ0) is 15.5. The van der Waals surface area contributed by atoms with Gasteiger partial charge >= 0.3 is 0 Å². The normalized spacial score (nSPS) is 11.7. The van der Waals surface area contributed by atoms with E-state index in [2.05, 4.69) is 15.9 Å². The van der Waals surface area contributed by atoms with E-state index in [0.29, 0.717) is 10.9 Å². The highest BCUT2D eigenvalue weighted by Crippen LogP contribution is 2.31. The fraction of sp³-hybridized carbons (Fsp3) is 0.294. The van der Waals surface area contributed by atoms with Gasteiger partial charge in [-0.1, -0.05) is 51.8 Å². The third-order valence-electron chi connectivity index (χ3n) is 3.78. The molecule has 0 aliphatic carbocycles. The predicted octanol–water partition coefficient (Wildman–Crippen LogP) is 3.36. The third-order valence-corrected chi connectivity index (χ3v) is 4.52. The average Bonchev–Trinajstić information content (AvgIpc) is 2.47. The third kappa shape index (κ3) is 3.51. The van der Waals surface area contributed by atoms with E-state index in [1.165, 1.54) is 12.1 Å². The van der Waals surface area contributed by atoms with Gasteiger partial charge in [0.25, 0.3) is 0 Å². The number of hydrogen-bond donors (Lipinski definition) is 2. The molecular formula is C17H18BrFO2. The number of halogens is 2. The number of hydrogen-bond acceptors (Lipinski definition) is 2. The van der Waals surface area contributed by atoms with E-state index in [-0.39, 0.29) is 19.0 Å². The molecule has 0 heterocycles. The van der Waals surface area contributed by atoms with E-state index in [9.17, 15) is 14.6 Å². The van der Waals surface area contributed by atoms with E-state index in [1.807, 2.05) is 31.2 Å². The maximum Gasteiger partial charge on any atom is 0.124 e. The highest BCUT2D eigenvalue weighted by atomic mass is 79.9. The molecule has 0 bridgehead atoms. The molecule has 0 atom stereocenters. The molecule has 0 aliphatic rings. The summed E-state index contributed by atoms with van der Waals surface area (Å²) in [5.74, 6) is -0.320. The Bertz CT molecular complexity index is 624. The van der Waals surface area contributed by atoms with Crippen molar-refractivity contribution in [2.75, 3.05) is 13.2 Å². The fourth-order valence-electron chi connectivity index (χ4n) is 2.45. The molecule has 0 amide bonds. The van der Waals surface area contributed by atoms with Crippen LogP contribution in [-0.4, -0.2) is 23.4 Å². The molecule has 0 spiro atoms. The van der Waals surface area contributed by atoms with Crippen LogP contribution >= 0.6 is 15.9 Å². The quantitative estimate of drug-likeness (QED) is 0.866. The molecule has 0 unspecified atom stereocenters. The molecule has 0 aliphatic heterocycles. The lowest BCUT2D eigenvalue weighted by molar-refractivity contribution is 0.116. The summed E-state index contributed by atoms with van der Waals surface area (Å²) >= 11 is 3.34. The number of aliphatic hydroxyl groups excluding tert-OH is 2. The Hall–Kier alpha value is -1.23. The number of benzene rings is 2. The zero-order valence-corrected chi connectivity index (χ0v) is 13.4. The molecule has 2 aromatic rings. The monoisotopic (exact) mass is 352 g/mol. The molecule has 2 rings (SSSR count). The topological polar surface area (TPSA) is 40.5 Å². The average molecular weight is 353 g/mol. The molecule has 0 saturated carbocycles. The summed E-state index contributed by atoms with van der Waals surface area (Å²) < 4.78 is 13.8. The molecule has 2 nitrogen and oxygen atoms in total. The van der Waals surface area contributed by atoms with Crippen molar-refractivity contribution in [2.24, 2.45) is 0 Å². The van der Waals surface area contributed by atoms with E-state index in [4.69, 9.17) is 0 Å². The lowest BCUT2D eigenvalue weighted by atomic mass is 9.76. The molecule has 4 heteroatoms. The Kier molecular flexibility index (Phi) is 5.14. The lowest BCUT2D eigenvalue weighted by Crippen LogP contribution is -2.37. The molecule has 112 valence electrons. The van der Waals surface area contributed by atoms with Crippen LogP contribution in [0.2, 0.25) is 0 Å². The van der Waals surface area contributed by atoms with Crippen molar-refractivity contribution < 1.29 is 14.6 Å². The van der Waals surface area contributed by atoms with Gasteiger partial charge in [0.05, 0.1) is 13.2 Å². The summed E-state index contributed by atoms with van der Waals surface area (Å²) in [5, 5.41) is 19.8. The number of rotatable bonds is 5. The second-order valence-corrected chi connectivity index (χ2v) is 6.23. The van der Waals surface area contributed by atoms with Crippen LogP contribution < -0.4 is 0 Å². The Morgan fingerprint density at radius 3 is 2.38 bits per heavy atom. The second kappa shape index (κ2) is 6.69. The van der Waals surface area contributed by atoms with E-state index in [0.717, 1.165) is 16.7 Å². The molecular weight excluding hydrogens is 335 g/mol. The Morgan fingerprint density at radius 2 is 1.81 bits per heavy atom. The van der Waals surface area contributed by atoms with Crippen molar-refractivity contribution in [2.45, 2.75) is 18.8 Å². The van der Waals surface area contributed by atoms with Gasteiger partial charge in [0.1, 0.15) is 5.82 Å². The van der Waals surface area contributed by atoms with Crippen LogP contribution in [0.25, 0.3) is 0 Å². The summed E-state index contributed by atoms with van der Waals surface area (Å²) in [6, 6.07) is 12.2. The van der Waals surface area contributed by atoms with Gasteiger partial charge in [-0.15, -0.1) is 0 Å². The fourth-order valence-corrected chi connectivity index (χ4v) is 2.94. The summed E-state index contributed by atoms with van der Waals surface area (Å²) in [7, 11) is 0. The van der Waals surface area contributed by atoms with Gasteiger partial charge in [0, 0.05) is 9.89 Å². The van der Waals surface area contributed by atoms with Crippen molar-refractivity contribution in [3.63, 3.8) is 0 Å². The minimum Gasteiger partial charge on any atom is -0.395 e. The smallest absolute Gasteiger partial charge is 0.124 e. The van der Waals surface area contributed by atoms with Crippen LogP contribution in [0.1, 0.15) is 16.7 Å². The highest BCUT2D eigenvalue weighted by molar-refractivity contribution is 9.10. The van der Waals surface area contributed by atoms with E-state index in [1.54, 1.807) is 6.07 Å². The largest absolute Gasteiger partial charge is 0.395 e. The highest BCUT2D eigenvalue weighted by Gasteiger charge is 2.32. The lowest BCUT2D eigenvalue weighted by Gasteiger charge is -2.31. The van der Waals surface area contributed by atoms with E-state index >= 15 is 0 Å². The van der Waals surface area contributed by atoms with Crippen molar-refractivity contribution in [3.05, 3.63) is 69.4 Å². The van der Waals surface area contributed by atoms with Crippen LogP contribution in [0.5, 0.6) is 0 Å². The molecule has 2 N–H and O–H groups in total. The van der Waals surface area contributed by atoms with Gasteiger partial charge in [-0.2, -0.15) is 0 Å². The molecule has 0 aromatic heterocycles. The van der Waals surface area contributed by atoms with Gasteiger partial charge in [0.15, 0.2) is 0 Å². The molecule has 0 fully saturated rings. The Balaban J connectivity index is 2.43. The first-order valence-corrected chi connectivity index (χ1v) is 7.53. The minimum absolute atomic E-state index is 0.184. The van der Waals surface area contributed by atoms with Crippen LogP contribution in [0.3, 0.4) is 0 Å². The molecule has 0 radical (unpaired) electrons. The van der Waals surface area contributed by atoms with Crippen molar-refractivity contribution in [3.8, 4) is 0 Å². The first-order valence-electron chi connectivity index (χ1n) is 6.73. The van der Waals surface area contributed by atoms with Crippen LogP contribution in [0.15, 0.2) is 46.9 Å². The number of aryl methyl sites for hydroxylation is 1. The molecule has 0 saturated heterocycles. The van der Waals surface area contributed by atoms with Gasteiger partial charge in [0.2, 0.25) is 0 Å². The Morgan fingerprint density at radius 1 is 1.10 bits per heavy atom. The van der Waals surface area contributed by atoms with Crippen LogP contribution in [0.4, 0.5) is 4.39 Å². The van der Waals surface area contributed by atoms with Crippen LogP contribution in [-0.2, 0) is 11.8 Å². The van der Waals surface area contributed by atoms with Gasteiger partial charge in [-0.25, -0.2) is 4.39 Å². The first kappa shape index (κ1) is 16.1. The predicted molar refractivity (Wildman–Crippen MR) is 84.8 cm³/mol. The molecule has 21 heavy (non-hydrogen) atoms. The molecule has 2 aromatic carbocycles. The summed E-state index contributed by atoms with van der Waals surface area (Å²) in [5.41, 5.74) is 2.01. The van der Waals surface area contributed by atoms with Gasteiger partial charge in [-0.3, -0.25) is 0 Å². The SMILES string of the molecule is Cc1cccc(C(CO)(CO)Cc2ccc(F)cc2Br)c1. The van der Waals surface area contributed by atoms with E-state index < -0.39 is 5.41 Å². The maximum atomic E-state index is 13.2. The van der Waals surface area contributed by atoms with Gasteiger partial charge in [-0.05, 0) is 36.6 Å². The zero-order valence-electron chi connectivity index (χ0n) is 11.8. The van der Waals surface area contributed by atoms with Crippen LogP contribution in [0, 0.1) is 12.7 Å². The first-order chi connectivity index (χ1) is 10.0. The van der Waals surface area contributed by atoms with Crippen molar-refractivity contribution >= 4 is 15.9 Å². The Labute approximate surface area is 132 Å². The summed E-state index contributed by atoms with van der Waals surface area (Å²) in [6.45, 7) is 1.60. The standard InChI is InChI=1S/C17H18BrFO2/c1-12-3-2-4-14(7-12)17(10-20,11-21)9-13-5-6-15(19)8-16(13)18/h2-8,20-21H,9-11H2,1H3. The van der Waals surface area contributed by atoms with Crippen molar-refractivity contribution in [1.82, 2.24) is 0 Å². The number of aliphatic hydroxyl groups is 2. The van der Waals surface area contributed by atoms with Gasteiger partial charge < -0.3 is 10.2 Å². The summed E-state index contributed by atoms with van der Waals surface area (Å²) in [4.78, 5) is 0. The minimum atomic E-state index is -0.785.